The average Bonchev–Trinajstić information content (AvgIpc) is 2.65. The van der Waals surface area contributed by atoms with E-state index < -0.39 is 0 Å². The van der Waals surface area contributed by atoms with Gasteiger partial charge in [-0.15, -0.1) is 0 Å². The maximum Gasteiger partial charge on any atom is 0.271 e. The Morgan fingerprint density at radius 1 is 1.62 bits per heavy atom. The number of nitrogens with zero attached hydrogens (tertiary/aromatic N) is 1. The molecule has 0 aliphatic carbocycles. The fourth-order valence-electron chi connectivity index (χ4n) is 1.73. The lowest BCUT2D eigenvalue weighted by atomic mass is 10.0. The molecule has 1 fully saturated rings. The SMILES string of the molecule is CC1(NC(=O)c2c[nH]c(=O)cn2)CCNC1. The zero-order valence-corrected chi connectivity index (χ0v) is 9.04. The van der Waals surface area contributed by atoms with Crippen molar-refractivity contribution in [2.24, 2.45) is 0 Å². The third kappa shape index (κ3) is 2.27. The van der Waals surface area contributed by atoms with E-state index in [0.717, 1.165) is 25.7 Å². The zero-order chi connectivity index (χ0) is 11.6. The van der Waals surface area contributed by atoms with Crippen LogP contribution >= 0.6 is 0 Å². The van der Waals surface area contributed by atoms with Crippen molar-refractivity contribution in [2.45, 2.75) is 18.9 Å². The van der Waals surface area contributed by atoms with Gasteiger partial charge >= 0.3 is 0 Å². The number of carbonyl (C=O) groups excluding carboxylic acids is 1. The van der Waals surface area contributed by atoms with Gasteiger partial charge in [0.2, 0.25) is 0 Å². The molecule has 2 rings (SSSR count). The van der Waals surface area contributed by atoms with Gasteiger partial charge in [0.25, 0.3) is 11.5 Å². The minimum absolute atomic E-state index is 0.227. The number of aromatic nitrogens is 2. The minimum Gasteiger partial charge on any atom is -0.344 e. The van der Waals surface area contributed by atoms with E-state index in [1.54, 1.807) is 0 Å². The molecule has 0 spiro atoms. The lowest BCUT2D eigenvalue weighted by molar-refractivity contribution is 0.0907. The van der Waals surface area contributed by atoms with Crippen molar-refractivity contribution in [1.29, 1.82) is 0 Å². The molecule has 16 heavy (non-hydrogen) atoms. The molecule has 0 bridgehead atoms. The summed E-state index contributed by atoms with van der Waals surface area (Å²) in [5.41, 5.74) is -0.312. The second-order valence-electron chi connectivity index (χ2n) is 4.24. The number of amides is 1. The van der Waals surface area contributed by atoms with Gasteiger partial charge in [-0.1, -0.05) is 0 Å². The molecule has 6 heteroatoms. The second-order valence-corrected chi connectivity index (χ2v) is 4.24. The molecule has 6 nitrogen and oxygen atoms in total. The van der Waals surface area contributed by atoms with Crippen LogP contribution in [0.5, 0.6) is 0 Å². The van der Waals surface area contributed by atoms with Crippen molar-refractivity contribution in [3.05, 3.63) is 28.4 Å². The van der Waals surface area contributed by atoms with Crippen LogP contribution in [-0.4, -0.2) is 34.5 Å². The summed E-state index contributed by atoms with van der Waals surface area (Å²) >= 11 is 0. The summed E-state index contributed by atoms with van der Waals surface area (Å²) in [4.78, 5) is 28.8. The third-order valence-corrected chi connectivity index (χ3v) is 2.69. The standard InChI is InChI=1S/C10H14N4O2/c1-10(2-3-11-6-10)14-9(16)7-4-13-8(15)5-12-7/h4-5,11H,2-3,6H2,1H3,(H,13,15)(H,14,16). The van der Waals surface area contributed by atoms with Crippen molar-refractivity contribution in [3.63, 3.8) is 0 Å². The van der Waals surface area contributed by atoms with Crippen LogP contribution in [0, 0.1) is 0 Å². The first kappa shape index (κ1) is 10.8. The molecule has 2 heterocycles. The highest BCUT2D eigenvalue weighted by Gasteiger charge is 2.30. The third-order valence-electron chi connectivity index (χ3n) is 2.69. The summed E-state index contributed by atoms with van der Waals surface area (Å²) in [6.45, 7) is 3.63. The highest BCUT2D eigenvalue weighted by atomic mass is 16.2. The maximum atomic E-state index is 11.8. The molecule has 1 aliphatic heterocycles. The molecular weight excluding hydrogens is 208 g/mol. The first-order chi connectivity index (χ1) is 7.59. The van der Waals surface area contributed by atoms with Gasteiger partial charge in [0.1, 0.15) is 5.69 Å². The van der Waals surface area contributed by atoms with Crippen LogP contribution in [-0.2, 0) is 0 Å². The Bertz CT molecular complexity index is 428. The highest BCUT2D eigenvalue weighted by Crippen LogP contribution is 2.13. The predicted octanol–water partition coefficient (Wildman–Crippen LogP) is -0.748. The molecule has 0 radical (unpaired) electrons. The van der Waals surface area contributed by atoms with Gasteiger partial charge < -0.3 is 15.6 Å². The monoisotopic (exact) mass is 222 g/mol. The van der Waals surface area contributed by atoms with E-state index in [9.17, 15) is 9.59 Å². The molecular formula is C10H14N4O2. The highest BCUT2D eigenvalue weighted by molar-refractivity contribution is 5.92. The van der Waals surface area contributed by atoms with Crippen LogP contribution in [0.1, 0.15) is 23.8 Å². The molecule has 1 aliphatic rings. The maximum absolute atomic E-state index is 11.8. The molecule has 3 N–H and O–H groups in total. The summed E-state index contributed by atoms with van der Waals surface area (Å²) in [6, 6.07) is 0. The van der Waals surface area contributed by atoms with E-state index in [2.05, 4.69) is 20.6 Å². The Morgan fingerprint density at radius 2 is 2.44 bits per heavy atom. The van der Waals surface area contributed by atoms with E-state index in [1.165, 1.54) is 6.20 Å². The first-order valence-corrected chi connectivity index (χ1v) is 5.17. The molecule has 86 valence electrons. The Morgan fingerprint density at radius 3 is 3.00 bits per heavy atom. The molecule has 0 aromatic carbocycles. The largest absolute Gasteiger partial charge is 0.344 e. The van der Waals surface area contributed by atoms with Crippen LogP contribution in [0.25, 0.3) is 0 Å². The topological polar surface area (TPSA) is 86.9 Å². The molecule has 0 saturated carbocycles. The zero-order valence-electron chi connectivity index (χ0n) is 9.04. The van der Waals surface area contributed by atoms with E-state index in [0.29, 0.717) is 0 Å². The van der Waals surface area contributed by atoms with Gasteiger partial charge in [0.15, 0.2) is 0 Å². The van der Waals surface area contributed by atoms with Gasteiger partial charge in [-0.2, -0.15) is 0 Å². The average molecular weight is 222 g/mol. The van der Waals surface area contributed by atoms with Gasteiger partial charge in [0, 0.05) is 12.7 Å². The fraction of sp³-hybridized carbons (Fsp3) is 0.500. The van der Waals surface area contributed by atoms with Crippen molar-refractivity contribution >= 4 is 5.91 Å². The summed E-state index contributed by atoms with van der Waals surface area (Å²) in [5.74, 6) is -0.262. The van der Waals surface area contributed by atoms with E-state index in [4.69, 9.17) is 0 Å². The van der Waals surface area contributed by atoms with Crippen LogP contribution in [0.2, 0.25) is 0 Å². The van der Waals surface area contributed by atoms with Crippen LogP contribution < -0.4 is 16.2 Å². The summed E-state index contributed by atoms with van der Waals surface area (Å²) in [7, 11) is 0. The van der Waals surface area contributed by atoms with Crippen LogP contribution in [0.3, 0.4) is 0 Å². The normalized spacial score (nSPS) is 24.3. The Hall–Kier alpha value is -1.69. The van der Waals surface area contributed by atoms with Gasteiger partial charge in [-0.05, 0) is 19.9 Å². The first-order valence-electron chi connectivity index (χ1n) is 5.17. The summed E-state index contributed by atoms with van der Waals surface area (Å²) in [6.07, 6.45) is 3.32. The Kier molecular flexibility index (Phi) is 2.74. The fourth-order valence-corrected chi connectivity index (χ4v) is 1.73. The van der Waals surface area contributed by atoms with Gasteiger partial charge in [-0.25, -0.2) is 4.98 Å². The van der Waals surface area contributed by atoms with Gasteiger partial charge in [-0.3, -0.25) is 9.59 Å². The van der Waals surface area contributed by atoms with Crippen LogP contribution in [0.15, 0.2) is 17.2 Å². The molecule has 1 atom stereocenters. The molecule has 1 saturated heterocycles. The number of nitrogens with one attached hydrogen (secondary N) is 3. The van der Waals surface area contributed by atoms with Gasteiger partial charge in [0.05, 0.1) is 11.7 Å². The van der Waals surface area contributed by atoms with Crippen LogP contribution in [0.4, 0.5) is 0 Å². The number of hydrogen-bond acceptors (Lipinski definition) is 4. The Labute approximate surface area is 92.5 Å². The Balaban J connectivity index is 2.08. The molecule has 1 aromatic rings. The smallest absolute Gasteiger partial charge is 0.271 e. The number of rotatable bonds is 2. The number of aromatic amines is 1. The number of hydrogen-bond donors (Lipinski definition) is 3. The summed E-state index contributed by atoms with van der Waals surface area (Å²) in [5, 5.41) is 6.09. The summed E-state index contributed by atoms with van der Waals surface area (Å²) < 4.78 is 0. The van der Waals surface area contributed by atoms with E-state index in [-0.39, 0.29) is 22.7 Å². The molecule has 1 unspecified atom stereocenters. The predicted molar refractivity (Wildman–Crippen MR) is 58.2 cm³/mol. The number of H-pyrrole nitrogens is 1. The lowest BCUT2D eigenvalue weighted by Gasteiger charge is -2.23. The van der Waals surface area contributed by atoms with Crippen molar-refractivity contribution in [2.75, 3.05) is 13.1 Å². The number of carbonyl (C=O) groups is 1. The lowest BCUT2D eigenvalue weighted by Crippen LogP contribution is -2.47. The molecule has 1 aromatic heterocycles. The second kappa shape index (κ2) is 4.05. The van der Waals surface area contributed by atoms with Crippen molar-refractivity contribution in [3.8, 4) is 0 Å². The van der Waals surface area contributed by atoms with E-state index in [1.807, 2.05) is 6.92 Å². The minimum atomic E-state index is -0.315. The van der Waals surface area contributed by atoms with Crippen molar-refractivity contribution in [1.82, 2.24) is 20.6 Å². The van der Waals surface area contributed by atoms with Crippen molar-refractivity contribution < 1.29 is 4.79 Å². The van der Waals surface area contributed by atoms with E-state index >= 15 is 0 Å². The molecule has 1 amide bonds. The quantitative estimate of drug-likeness (QED) is 0.614.